The van der Waals surface area contributed by atoms with Crippen molar-refractivity contribution in [2.24, 2.45) is 11.1 Å². The lowest BCUT2D eigenvalue weighted by Crippen LogP contribution is -2.50. The second-order valence-electron chi connectivity index (χ2n) is 10.8. The summed E-state index contributed by atoms with van der Waals surface area (Å²) < 4.78 is 0. The van der Waals surface area contributed by atoms with Gasteiger partial charge in [0.2, 0.25) is 0 Å². The molecule has 190 valence electrons. The summed E-state index contributed by atoms with van der Waals surface area (Å²) in [7, 11) is 0. The maximum atomic E-state index is 11.2. The molecule has 2 aliphatic rings. The zero-order valence-corrected chi connectivity index (χ0v) is 21.3. The second kappa shape index (κ2) is 10.4. The Morgan fingerprint density at radius 2 is 2.14 bits per heavy atom. The molecule has 0 amide bonds. The van der Waals surface area contributed by atoms with Crippen LogP contribution in [0, 0.1) is 5.41 Å². The Kier molecular flexibility index (Phi) is 7.44. The molecule has 3 atom stereocenters. The number of carboxylic acid groups (broad SMARTS) is 1. The van der Waals surface area contributed by atoms with Crippen molar-refractivity contribution < 1.29 is 9.90 Å². The molecular formula is C26H39N7O2. The molecule has 4 rings (SSSR count). The molecule has 0 spiro atoms. The van der Waals surface area contributed by atoms with Gasteiger partial charge < -0.3 is 26.4 Å². The van der Waals surface area contributed by atoms with Crippen molar-refractivity contribution in [3.05, 3.63) is 35.3 Å². The van der Waals surface area contributed by atoms with E-state index in [2.05, 4.69) is 60.3 Å². The van der Waals surface area contributed by atoms with Gasteiger partial charge in [0, 0.05) is 42.9 Å². The van der Waals surface area contributed by atoms with Crippen LogP contribution in [0.1, 0.15) is 69.7 Å². The van der Waals surface area contributed by atoms with Crippen molar-refractivity contribution in [1.29, 1.82) is 0 Å². The molecule has 2 aromatic heterocycles. The Morgan fingerprint density at radius 1 is 1.34 bits per heavy atom. The van der Waals surface area contributed by atoms with Crippen LogP contribution in [0.4, 0.5) is 17.5 Å². The van der Waals surface area contributed by atoms with E-state index in [9.17, 15) is 4.79 Å². The summed E-state index contributed by atoms with van der Waals surface area (Å²) in [4.78, 5) is 27.7. The van der Waals surface area contributed by atoms with Crippen LogP contribution in [0.25, 0.3) is 0 Å². The molecule has 5 N–H and O–H groups in total. The van der Waals surface area contributed by atoms with Crippen LogP contribution in [0.15, 0.2) is 18.5 Å². The average Bonchev–Trinajstić information content (AvgIpc) is 2.85. The largest absolute Gasteiger partial charge is 0.480 e. The van der Waals surface area contributed by atoms with E-state index in [4.69, 9.17) is 20.8 Å². The van der Waals surface area contributed by atoms with Crippen LogP contribution < -0.4 is 21.3 Å². The van der Waals surface area contributed by atoms with Crippen LogP contribution in [0.5, 0.6) is 0 Å². The molecule has 1 fully saturated rings. The number of carboxylic acids is 1. The first-order valence-electron chi connectivity index (χ1n) is 12.8. The Balaban J connectivity index is 1.60. The SMILES string of the molecule is CCc1c(NCC(N)C(=O)O)ncnc1N1CCC(c2ccc3c(n2)NCCC3)CC1C(C)(C)C. The zero-order chi connectivity index (χ0) is 25.2. The number of nitrogens with zero attached hydrogens (tertiary/aromatic N) is 4. The van der Waals surface area contributed by atoms with Crippen molar-refractivity contribution in [2.45, 2.75) is 77.8 Å². The molecule has 2 aromatic rings. The van der Waals surface area contributed by atoms with Crippen molar-refractivity contribution in [2.75, 3.05) is 35.2 Å². The predicted octanol–water partition coefficient (Wildman–Crippen LogP) is 3.41. The van der Waals surface area contributed by atoms with E-state index < -0.39 is 12.0 Å². The Labute approximate surface area is 207 Å². The van der Waals surface area contributed by atoms with Gasteiger partial charge in [0.25, 0.3) is 0 Å². The number of anilines is 3. The third kappa shape index (κ3) is 5.50. The van der Waals surface area contributed by atoms with Gasteiger partial charge in [0.05, 0.1) is 0 Å². The maximum Gasteiger partial charge on any atom is 0.322 e. The molecule has 1 saturated heterocycles. The lowest BCUT2D eigenvalue weighted by molar-refractivity contribution is -0.138. The number of hydrogen-bond donors (Lipinski definition) is 4. The number of aliphatic carboxylic acids is 1. The number of pyridine rings is 1. The van der Waals surface area contributed by atoms with Gasteiger partial charge in [-0.1, -0.05) is 33.8 Å². The fraction of sp³-hybridized carbons (Fsp3) is 0.615. The second-order valence-corrected chi connectivity index (χ2v) is 10.8. The molecule has 0 bridgehead atoms. The first kappa shape index (κ1) is 25.2. The Morgan fingerprint density at radius 3 is 2.86 bits per heavy atom. The number of rotatable bonds is 7. The molecule has 3 unspecified atom stereocenters. The first-order valence-corrected chi connectivity index (χ1v) is 12.8. The van der Waals surface area contributed by atoms with Gasteiger partial charge in [-0.3, -0.25) is 4.79 Å². The monoisotopic (exact) mass is 481 g/mol. The average molecular weight is 482 g/mol. The molecule has 2 aliphatic heterocycles. The number of nitrogens with two attached hydrogens (primary N) is 1. The molecule has 0 aromatic carbocycles. The van der Waals surface area contributed by atoms with Gasteiger partial charge in [-0.05, 0) is 49.1 Å². The van der Waals surface area contributed by atoms with Crippen molar-refractivity contribution in [3.8, 4) is 0 Å². The maximum absolute atomic E-state index is 11.2. The fourth-order valence-electron chi connectivity index (χ4n) is 5.30. The summed E-state index contributed by atoms with van der Waals surface area (Å²) in [6.45, 7) is 10.9. The van der Waals surface area contributed by atoms with Gasteiger partial charge in [-0.25, -0.2) is 15.0 Å². The molecular weight excluding hydrogens is 442 g/mol. The summed E-state index contributed by atoms with van der Waals surface area (Å²) in [5.74, 6) is 2.00. The van der Waals surface area contributed by atoms with Crippen molar-refractivity contribution in [3.63, 3.8) is 0 Å². The quantitative estimate of drug-likeness (QED) is 0.470. The van der Waals surface area contributed by atoms with Crippen LogP contribution in [-0.2, 0) is 17.6 Å². The van der Waals surface area contributed by atoms with Crippen LogP contribution in [-0.4, -0.2) is 57.7 Å². The summed E-state index contributed by atoms with van der Waals surface area (Å²) >= 11 is 0. The van der Waals surface area contributed by atoms with E-state index in [0.29, 0.717) is 11.7 Å². The van der Waals surface area contributed by atoms with E-state index in [1.54, 1.807) is 6.33 Å². The standard InChI is InChI=1S/C26H39N7O2/c1-5-18-23(29-14-19(27)25(34)35)30-15-31-24(18)33-12-10-17(13-21(33)26(2,3)4)20-9-8-16-7-6-11-28-22(16)32-20/h8-9,15,17,19,21H,5-7,10-14,27H2,1-4H3,(H,28,32)(H,34,35)(H,29,30,31). The number of carbonyl (C=O) groups is 1. The Hall–Kier alpha value is -2.94. The summed E-state index contributed by atoms with van der Waals surface area (Å²) in [6, 6.07) is 3.75. The third-order valence-corrected chi connectivity index (χ3v) is 7.29. The predicted molar refractivity (Wildman–Crippen MR) is 139 cm³/mol. The van der Waals surface area contributed by atoms with E-state index in [1.165, 1.54) is 11.3 Å². The van der Waals surface area contributed by atoms with Crippen LogP contribution >= 0.6 is 0 Å². The number of fused-ring (bicyclic) bond motifs is 1. The van der Waals surface area contributed by atoms with E-state index in [1.807, 2.05) is 0 Å². The third-order valence-electron chi connectivity index (χ3n) is 7.29. The number of nitrogens with one attached hydrogen (secondary N) is 2. The minimum atomic E-state index is -1.04. The highest BCUT2D eigenvalue weighted by atomic mass is 16.4. The van der Waals surface area contributed by atoms with Gasteiger partial charge in [0.15, 0.2) is 0 Å². The molecule has 0 radical (unpaired) electrons. The highest BCUT2D eigenvalue weighted by Crippen LogP contribution is 2.42. The minimum Gasteiger partial charge on any atom is -0.480 e. The van der Waals surface area contributed by atoms with Gasteiger partial charge >= 0.3 is 5.97 Å². The van der Waals surface area contributed by atoms with Crippen molar-refractivity contribution in [1.82, 2.24) is 15.0 Å². The Bertz CT molecular complexity index is 1050. The van der Waals surface area contributed by atoms with Gasteiger partial charge in [-0.15, -0.1) is 0 Å². The summed E-state index contributed by atoms with van der Waals surface area (Å²) in [6.07, 6.45) is 6.55. The summed E-state index contributed by atoms with van der Waals surface area (Å²) in [5, 5.41) is 15.8. The molecule has 35 heavy (non-hydrogen) atoms. The fourth-order valence-corrected chi connectivity index (χ4v) is 5.30. The highest BCUT2D eigenvalue weighted by Gasteiger charge is 2.39. The molecule has 9 heteroatoms. The topological polar surface area (TPSA) is 129 Å². The number of hydrogen-bond acceptors (Lipinski definition) is 8. The zero-order valence-electron chi connectivity index (χ0n) is 21.3. The number of aromatic nitrogens is 3. The lowest BCUT2D eigenvalue weighted by Gasteiger charge is -2.47. The smallest absolute Gasteiger partial charge is 0.322 e. The van der Waals surface area contributed by atoms with E-state index in [0.717, 1.165) is 62.4 Å². The number of piperidine rings is 1. The van der Waals surface area contributed by atoms with Gasteiger partial charge in [-0.2, -0.15) is 0 Å². The molecule has 9 nitrogen and oxygen atoms in total. The van der Waals surface area contributed by atoms with Crippen LogP contribution in [0.2, 0.25) is 0 Å². The normalized spacial score (nSPS) is 21.1. The molecule has 0 aliphatic carbocycles. The number of aryl methyl sites for hydroxylation is 1. The first-order chi connectivity index (χ1) is 16.7. The van der Waals surface area contributed by atoms with Gasteiger partial charge in [0.1, 0.15) is 29.8 Å². The molecule has 0 saturated carbocycles. The minimum absolute atomic E-state index is 0.0281. The molecule has 4 heterocycles. The van der Waals surface area contributed by atoms with E-state index >= 15 is 0 Å². The summed E-state index contributed by atoms with van der Waals surface area (Å²) in [5.41, 5.74) is 9.22. The van der Waals surface area contributed by atoms with E-state index in [-0.39, 0.29) is 18.0 Å². The van der Waals surface area contributed by atoms with Crippen molar-refractivity contribution >= 4 is 23.4 Å². The van der Waals surface area contributed by atoms with Crippen LogP contribution in [0.3, 0.4) is 0 Å². The lowest BCUT2D eigenvalue weighted by atomic mass is 9.75. The highest BCUT2D eigenvalue weighted by molar-refractivity contribution is 5.74.